The third-order valence-electron chi connectivity index (χ3n) is 2.13. The molecule has 3 rings (SSSR count). The van der Waals surface area contributed by atoms with Gasteiger partial charge < -0.3 is 0 Å². The fraction of sp³-hybridized carbons (Fsp3) is 0. The fourth-order valence-corrected chi connectivity index (χ4v) is 1.48. The predicted octanol–water partition coefficient (Wildman–Crippen LogP) is 2.73. The van der Waals surface area contributed by atoms with Crippen LogP contribution in [-0.4, -0.2) is 29.3 Å². The van der Waals surface area contributed by atoms with Gasteiger partial charge in [0.05, 0.1) is 0 Å². The van der Waals surface area contributed by atoms with Gasteiger partial charge in [0.2, 0.25) is 0 Å². The normalized spacial score (nSPS) is 9.75. The van der Waals surface area contributed by atoms with Gasteiger partial charge >= 0.3 is 42.6 Å². The van der Waals surface area contributed by atoms with Crippen LogP contribution < -0.4 is 0 Å². The summed E-state index contributed by atoms with van der Waals surface area (Å²) in [5.74, 6) is 0. The van der Waals surface area contributed by atoms with E-state index in [4.69, 9.17) is 27.9 Å². The quantitative estimate of drug-likeness (QED) is 0.528. The minimum atomic E-state index is -1.92. The second-order valence-electron chi connectivity index (χ2n) is 3.37. The minimum Gasteiger partial charge on any atom is -0.287 e. The summed E-state index contributed by atoms with van der Waals surface area (Å²) in [5, 5.41) is 12.6. The van der Waals surface area contributed by atoms with Crippen LogP contribution in [0.3, 0.4) is 0 Å². The third kappa shape index (κ3) is 4.29. The Labute approximate surface area is 133 Å². The van der Waals surface area contributed by atoms with E-state index in [-0.39, 0.29) is 0 Å². The first-order chi connectivity index (χ1) is 9.68. The number of halogens is 3. The van der Waals surface area contributed by atoms with Gasteiger partial charge in [0.15, 0.2) is 6.29 Å². The molecule has 6 nitrogen and oxygen atoms in total. The molecule has 0 aliphatic carbocycles. The van der Waals surface area contributed by atoms with E-state index in [0.717, 1.165) is 6.29 Å². The van der Waals surface area contributed by atoms with Crippen molar-refractivity contribution in [3.8, 4) is 0 Å². The van der Waals surface area contributed by atoms with Crippen molar-refractivity contribution >= 4 is 27.9 Å². The standard InChI is InChI=1S/C10H9N6.3ClH.Ti/c1-4-11-14(7-1)10(15-8-2-5-12-15)16-9-3-6-13-16;;;;/h1-9H;3*1H;/q-1;;;;+4/p-3. The summed E-state index contributed by atoms with van der Waals surface area (Å²) in [7, 11) is 14.9. The summed E-state index contributed by atoms with van der Waals surface area (Å²) < 4.78 is 5.12. The average molecular weight is 367 g/mol. The molecule has 0 radical (unpaired) electrons. The van der Waals surface area contributed by atoms with Gasteiger partial charge in [-0.15, -0.1) is 0 Å². The van der Waals surface area contributed by atoms with Crippen molar-refractivity contribution in [3.63, 3.8) is 0 Å². The van der Waals surface area contributed by atoms with Crippen LogP contribution in [0.2, 0.25) is 0 Å². The Balaban J connectivity index is 0.000000328. The van der Waals surface area contributed by atoms with Crippen molar-refractivity contribution in [2.75, 3.05) is 0 Å². The van der Waals surface area contributed by atoms with Crippen LogP contribution in [0.1, 0.15) is 0 Å². The Kier molecular flexibility index (Phi) is 6.00. The van der Waals surface area contributed by atoms with Crippen LogP contribution in [0.25, 0.3) is 0 Å². The number of hydrogen-bond acceptors (Lipinski definition) is 3. The average Bonchev–Trinajstić information content (AvgIpc) is 3.13. The maximum atomic E-state index is 4.97. The Bertz CT molecular complexity index is 496. The zero-order valence-corrected chi connectivity index (χ0v) is 13.8. The van der Waals surface area contributed by atoms with Crippen LogP contribution in [0.15, 0.2) is 55.4 Å². The predicted molar refractivity (Wildman–Crippen MR) is 73.7 cm³/mol. The van der Waals surface area contributed by atoms with E-state index >= 15 is 0 Å². The topological polar surface area (TPSA) is 53.5 Å². The van der Waals surface area contributed by atoms with E-state index in [1.807, 2.05) is 36.8 Å². The summed E-state index contributed by atoms with van der Waals surface area (Å²) in [4.78, 5) is 0. The molecular formula is C10H9Cl3N6Ti. The second kappa shape index (κ2) is 7.76. The van der Waals surface area contributed by atoms with Gasteiger partial charge in [-0.25, -0.2) is 0 Å². The molecule has 0 aromatic carbocycles. The zero-order valence-electron chi connectivity index (χ0n) is 10.0. The summed E-state index contributed by atoms with van der Waals surface area (Å²) in [6.07, 6.45) is 11.4. The summed E-state index contributed by atoms with van der Waals surface area (Å²) in [6.45, 7) is 0. The van der Waals surface area contributed by atoms with E-state index in [1.54, 1.807) is 32.6 Å². The van der Waals surface area contributed by atoms with Crippen molar-refractivity contribution in [2.24, 2.45) is 0 Å². The Morgan fingerprint density at radius 2 is 1.00 bits per heavy atom. The third-order valence-corrected chi connectivity index (χ3v) is 2.13. The molecular weight excluding hydrogens is 358 g/mol. The van der Waals surface area contributed by atoms with Gasteiger partial charge in [0.25, 0.3) is 0 Å². The number of aromatic nitrogens is 6. The Morgan fingerprint density at radius 1 is 0.700 bits per heavy atom. The molecule has 10 heteroatoms. The molecule has 0 saturated heterocycles. The van der Waals surface area contributed by atoms with Crippen molar-refractivity contribution in [1.29, 1.82) is 0 Å². The van der Waals surface area contributed by atoms with E-state index in [2.05, 4.69) is 15.3 Å². The minimum absolute atomic E-state index is 0.736. The molecule has 104 valence electrons. The van der Waals surface area contributed by atoms with Crippen LogP contribution in [0.5, 0.6) is 0 Å². The molecule has 20 heavy (non-hydrogen) atoms. The maximum Gasteiger partial charge on any atom is 0.160 e. The first-order valence-electron chi connectivity index (χ1n) is 5.39. The molecule has 0 N–H and O–H groups in total. The Morgan fingerprint density at radius 3 is 1.20 bits per heavy atom. The van der Waals surface area contributed by atoms with Gasteiger partial charge in [0.1, 0.15) is 0 Å². The summed E-state index contributed by atoms with van der Waals surface area (Å²) in [6, 6.07) is 5.56. The molecule has 3 aromatic rings. The smallest absolute Gasteiger partial charge is 0.160 e. The number of hydrogen-bond donors (Lipinski definition) is 0. The summed E-state index contributed by atoms with van der Waals surface area (Å²) in [5.41, 5.74) is 0. The molecule has 0 bridgehead atoms. The summed E-state index contributed by atoms with van der Waals surface area (Å²) >= 11 is -1.92. The van der Waals surface area contributed by atoms with E-state index in [1.165, 1.54) is 0 Å². The first kappa shape index (κ1) is 15.5. The van der Waals surface area contributed by atoms with Crippen molar-refractivity contribution in [1.82, 2.24) is 29.3 Å². The van der Waals surface area contributed by atoms with Crippen LogP contribution in [0.4, 0.5) is 0 Å². The Hall–Kier alpha value is -0.916. The fourth-order valence-electron chi connectivity index (χ4n) is 1.48. The first-order valence-corrected chi connectivity index (χ1v) is 11.8. The largest absolute Gasteiger partial charge is 0.287 e. The van der Waals surface area contributed by atoms with E-state index in [9.17, 15) is 0 Å². The molecule has 0 amide bonds. The van der Waals surface area contributed by atoms with Crippen LogP contribution >= 0.6 is 27.9 Å². The van der Waals surface area contributed by atoms with Gasteiger partial charge in [-0.05, 0) is 18.6 Å². The molecule has 3 aromatic heterocycles. The molecule has 0 aliphatic rings. The van der Waals surface area contributed by atoms with Gasteiger partial charge in [-0.3, -0.25) is 14.0 Å². The van der Waals surface area contributed by atoms with Crippen LogP contribution in [0, 0.1) is 6.29 Å². The van der Waals surface area contributed by atoms with Gasteiger partial charge in [-0.2, -0.15) is 15.3 Å². The van der Waals surface area contributed by atoms with Gasteiger partial charge in [0, 0.05) is 18.6 Å². The molecule has 0 spiro atoms. The van der Waals surface area contributed by atoms with Crippen LogP contribution in [-0.2, 0) is 14.7 Å². The van der Waals surface area contributed by atoms with Crippen molar-refractivity contribution in [2.45, 2.75) is 0 Å². The second-order valence-corrected chi connectivity index (χ2v) is 11.1. The molecule has 0 unspecified atom stereocenters. The van der Waals surface area contributed by atoms with E-state index < -0.39 is 14.7 Å². The number of rotatable bonds is 3. The maximum absolute atomic E-state index is 4.97. The number of nitrogens with zero attached hydrogens (tertiary/aromatic N) is 6. The SMILES string of the molecule is [Cl][Ti+]([Cl])[Cl].c1cnn([C-](n2cccn2)n2cccn2)c1. The van der Waals surface area contributed by atoms with Gasteiger partial charge in [-0.1, -0.05) is 18.2 Å². The molecule has 3 heterocycles. The molecule has 0 atom stereocenters. The monoisotopic (exact) mass is 366 g/mol. The van der Waals surface area contributed by atoms with E-state index in [0.29, 0.717) is 0 Å². The van der Waals surface area contributed by atoms with Crippen molar-refractivity contribution in [3.05, 3.63) is 61.7 Å². The van der Waals surface area contributed by atoms with Crippen molar-refractivity contribution < 1.29 is 14.7 Å². The molecule has 0 aliphatic heterocycles. The molecule has 0 saturated carbocycles. The molecule has 0 fully saturated rings. The zero-order chi connectivity index (χ0) is 14.4.